The van der Waals surface area contributed by atoms with Gasteiger partial charge in [0.15, 0.2) is 0 Å². The Kier molecular flexibility index (Phi) is 11.7. The Labute approximate surface area is 239 Å². The largest absolute Gasteiger partial charge is 0.390 e. The van der Waals surface area contributed by atoms with E-state index in [2.05, 4.69) is 28.6 Å². The molecule has 3 aromatic rings. The molecule has 222 valence electrons. The predicted octanol–water partition coefficient (Wildman–Crippen LogP) is 2.83. The molecule has 0 unspecified atom stereocenters. The van der Waals surface area contributed by atoms with Crippen molar-refractivity contribution in [3.8, 4) is 0 Å². The van der Waals surface area contributed by atoms with Gasteiger partial charge in [-0.15, -0.1) is 0 Å². The Morgan fingerprint density at radius 2 is 1.78 bits per heavy atom. The standard InChI is InChI=1S/C29H36F2N4O5S/c1-4-20-6-5-7-21(12-20)18-32-19-27(36)26(15-22-13-24(30)17-25(31)14-22)34-29(37)23-8-9-33-28(16-23)35(10-11-40-2)41(3,38)39/h5-9,12-14,16-17,26-27,32,36H,4,10-11,15,18-19H2,1-3H3,(H,34,37)/t26-,27+/m0/s1. The topological polar surface area (TPSA) is 121 Å². The molecular formula is C29H36F2N4O5S. The van der Waals surface area contributed by atoms with Crippen LogP contribution in [0.1, 0.15) is 34.0 Å². The molecule has 0 aliphatic rings. The molecule has 0 saturated heterocycles. The van der Waals surface area contributed by atoms with Crippen LogP contribution in [-0.2, 0) is 34.1 Å². The summed E-state index contributed by atoms with van der Waals surface area (Å²) in [7, 11) is -2.28. The first kappa shape index (κ1) is 32.1. The van der Waals surface area contributed by atoms with Gasteiger partial charge in [-0.1, -0.05) is 31.2 Å². The summed E-state index contributed by atoms with van der Waals surface area (Å²) in [6.45, 7) is 2.71. The first-order valence-corrected chi connectivity index (χ1v) is 15.0. The zero-order valence-corrected chi connectivity index (χ0v) is 24.1. The summed E-state index contributed by atoms with van der Waals surface area (Å²) < 4.78 is 58.4. The fourth-order valence-corrected chi connectivity index (χ4v) is 5.15. The third-order valence-electron chi connectivity index (χ3n) is 6.40. The monoisotopic (exact) mass is 590 g/mol. The minimum Gasteiger partial charge on any atom is -0.390 e. The van der Waals surface area contributed by atoms with E-state index in [4.69, 9.17) is 4.74 Å². The van der Waals surface area contributed by atoms with Crippen molar-refractivity contribution in [2.45, 2.75) is 38.5 Å². The van der Waals surface area contributed by atoms with Gasteiger partial charge in [-0.2, -0.15) is 0 Å². The number of nitrogens with zero attached hydrogens (tertiary/aromatic N) is 2. The predicted molar refractivity (Wildman–Crippen MR) is 153 cm³/mol. The molecule has 0 fully saturated rings. The van der Waals surface area contributed by atoms with Crippen molar-refractivity contribution in [3.05, 3.63) is 94.7 Å². The van der Waals surface area contributed by atoms with Crippen LogP contribution in [0.2, 0.25) is 0 Å². The van der Waals surface area contributed by atoms with Crippen LogP contribution in [0, 0.1) is 11.6 Å². The second-order valence-corrected chi connectivity index (χ2v) is 11.6. The Balaban J connectivity index is 1.79. The summed E-state index contributed by atoms with van der Waals surface area (Å²) in [5.41, 5.74) is 2.54. The van der Waals surface area contributed by atoms with E-state index in [-0.39, 0.29) is 43.1 Å². The minimum absolute atomic E-state index is 0.00723. The number of anilines is 1. The number of ether oxygens (including phenoxy) is 1. The number of carbonyl (C=O) groups excluding carboxylic acids is 1. The molecule has 0 saturated carbocycles. The summed E-state index contributed by atoms with van der Waals surface area (Å²) in [6.07, 6.45) is 2.02. The second kappa shape index (κ2) is 15.0. The van der Waals surface area contributed by atoms with Crippen molar-refractivity contribution in [1.82, 2.24) is 15.6 Å². The van der Waals surface area contributed by atoms with Crippen LogP contribution in [0.15, 0.2) is 60.8 Å². The fourth-order valence-electron chi connectivity index (χ4n) is 4.30. The highest BCUT2D eigenvalue weighted by molar-refractivity contribution is 7.92. The molecule has 2 atom stereocenters. The first-order valence-electron chi connectivity index (χ1n) is 13.1. The van der Waals surface area contributed by atoms with Gasteiger partial charge < -0.3 is 20.5 Å². The quantitative estimate of drug-likeness (QED) is 0.249. The number of hydrogen-bond acceptors (Lipinski definition) is 7. The number of halogens is 2. The van der Waals surface area contributed by atoms with Crippen LogP contribution in [-0.4, -0.2) is 69.6 Å². The minimum atomic E-state index is -3.72. The zero-order chi connectivity index (χ0) is 30.0. The van der Waals surface area contributed by atoms with Crippen LogP contribution in [0.4, 0.5) is 14.6 Å². The second-order valence-electron chi connectivity index (χ2n) is 9.66. The highest BCUT2D eigenvalue weighted by Gasteiger charge is 2.25. The SMILES string of the molecule is CCc1cccc(CNC[C@@H](O)[C@H](Cc2cc(F)cc(F)c2)NC(=O)c2ccnc(N(CCOC)S(C)(=O)=O)c2)c1. The lowest BCUT2D eigenvalue weighted by molar-refractivity contribution is 0.0829. The van der Waals surface area contributed by atoms with Crippen molar-refractivity contribution in [3.63, 3.8) is 0 Å². The number of carbonyl (C=O) groups is 1. The third kappa shape index (κ3) is 9.85. The van der Waals surface area contributed by atoms with Crippen molar-refractivity contribution in [1.29, 1.82) is 0 Å². The maximum absolute atomic E-state index is 13.9. The molecule has 1 aromatic heterocycles. The molecule has 1 heterocycles. The van der Waals surface area contributed by atoms with E-state index in [1.807, 2.05) is 18.2 Å². The summed E-state index contributed by atoms with van der Waals surface area (Å²) in [6, 6.07) is 12.8. The molecular weight excluding hydrogens is 554 g/mol. The third-order valence-corrected chi connectivity index (χ3v) is 7.57. The van der Waals surface area contributed by atoms with Gasteiger partial charge in [0, 0.05) is 38.0 Å². The lowest BCUT2D eigenvalue weighted by atomic mass is 10.00. The van der Waals surface area contributed by atoms with Crippen LogP contribution in [0.3, 0.4) is 0 Å². The zero-order valence-electron chi connectivity index (χ0n) is 23.3. The highest BCUT2D eigenvalue weighted by atomic mass is 32.2. The summed E-state index contributed by atoms with van der Waals surface area (Å²) in [4.78, 5) is 17.4. The van der Waals surface area contributed by atoms with Crippen LogP contribution >= 0.6 is 0 Å². The average Bonchev–Trinajstić information content (AvgIpc) is 2.92. The Bertz CT molecular complexity index is 1400. The van der Waals surface area contributed by atoms with Crippen LogP contribution < -0.4 is 14.9 Å². The van der Waals surface area contributed by atoms with E-state index >= 15 is 0 Å². The molecule has 3 N–H and O–H groups in total. The Hall–Kier alpha value is -3.45. The lowest BCUT2D eigenvalue weighted by Crippen LogP contribution is -2.48. The number of benzene rings is 2. The van der Waals surface area contributed by atoms with Gasteiger partial charge in [0.1, 0.15) is 17.5 Å². The van der Waals surface area contributed by atoms with Crippen LogP contribution in [0.25, 0.3) is 0 Å². The smallest absolute Gasteiger partial charge is 0.251 e. The van der Waals surface area contributed by atoms with Gasteiger partial charge >= 0.3 is 0 Å². The number of aliphatic hydroxyl groups is 1. The average molecular weight is 591 g/mol. The van der Waals surface area contributed by atoms with Gasteiger partial charge in [-0.3, -0.25) is 9.10 Å². The Morgan fingerprint density at radius 1 is 1.07 bits per heavy atom. The molecule has 9 nitrogen and oxygen atoms in total. The summed E-state index contributed by atoms with van der Waals surface area (Å²) >= 11 is 0. The number of sulfonamides is 1. The molecule has 12 heteroatoms. The molecule has 3 rings (SSSR count). The van der Waals surface area contributed by atoms with Gasteiger partial charge in [-0.25, -0.2) is 22.2 Å². The van der Waals surface area contributed by atoms with Gasteiger partial charge in [-0.05, 0) is 53.8 Å². The molecule has 41 heavy (non-hydrogen) atoms. The van der Waals surface area contributed by atoms with E-state index < -0.39 is 39.7 Å². The fraction of sp³-hybridized carbons (Fsp3) is 0.379. The first-order chi connectivity index (χ1) is 19.5. The number of hydrogen-bond donors (Lipinski definition) is 3. The molecule has 0 spiro atoms. The molecule has 0 bridgehead atoms. The van der Waals surface area contributed by atoms with E-state index in [9.17, 15) is 27.1 Å². The number of aliphatic hydroxyl groups excluding tert-OH is 1. The van der Waals surface area contributed by atoms with E-state index in [1.54, 1.807) is 0 Å². The molecule has 1 amide bonds. The van der Waals surface area contributed by atoms with Crippen molar-refractivity contribution in [2.24, 2.45) is 0 Å². The highest BCUT2D eigenvalue weighted by Crippen LogP contribution is 2.17. The molecule has 0 aliphatic carbocycles. The number of rotatable bonds is 15. The van der Waals surface area contributed by atoms with E-state index in [0.717, 1.165) is 40.7 Å². The van der Waals surface area contributed by atoms with Crippen molar-refractivity contribution < 1.29 is 31.8 Å². The normalized spacial score (nSPS) is 13.0. The molecule has 2 aromatic carbocycles. The maximum Gasteiger partial charge on any atom is 0.251 e. The molecule has 0 radical (unpaired) electrons. The molecule has 0 aliphatic heterocycles. The summed E-state index contributed by atoms with van der Waals surface area (Å²) in [5.74, 6) is -2.14. The number of aromatic nitrogens is 1. The van der Waals surface area contributed by atoms with Gasteiger partial charge in [0.2, 0.25) is 10.0 Å². The Morgan fingerprint density at radius 3 is 2.44 bits per heavy atom. The van der Waals surface area contributed by atoms with Gasteiger partial charge in [0.05, 0.1) is 31.6 Å². The number of pyridine rings is 1. The van der Waals surface area contributed by atoms with E-state index in [1.165, 1.54) is 31.0 Å². The van der Waals surface area contributed by atoms with Gasteiger partial charge in [0.25, 0.3) is 5.91 Å². The van der Waals surface area contributed by atoms with Crippen molar-refractivity contribution in [2.75, 3.05) is 37.4 Å². The van der Waals surface area contributed by atoms with Crippen LogP contribution in [0.5, 0.6) is 0 Å². The number of amides is 1. The number of nitrogens with one attached hydrogen (secondary N) is 2. The van der Waals surface area contributed by atoms with E-state index in [0.29, 0.717) is 6.54 Å². The number of methoxy groups -OCH3 is 1. The summed E-state index contributed by atoms with van der Waals surface area (Å²) in [5, 5.41) is 17.0. The maximum atomic E-state index is 13.9. The lowest BCUT2D eigenvalue weighted by Gasteiger charge is -2.25. The van der Waals surface area contributed by atoms with Crippen molar-refractivity contribution >= 4 is 21.7 Å². The number of aryl methyl sites for hydroxylation is 1.